The molecule has 0 unspecified atom stereocenters. The molecule has 1 fully saturated rings. The minimum Gasteiger partial charge on any atom is -0.333 e. The van der Waals surface area contributed by atoms with E-state index in [0.717, 1.165) is 0 Å². The Bertz CT molecular complexity index is 256. The average molecular weight is 216 g/mol. The molecule has 4 nitrogen and oxygen atoms in total. The average Bonchev–Trinajstić information content (AvgIpc) is 2.20. The molecule has 86 valence electrons. The Morgan fingerprint density at radius 3 is 2.47 bits per heavy atom. The van der Waals surface area contributed by atoms with Crippen molar-refractivity contribution in [2.45, 2.75) is 26.3 Å². The first-order chi connectivity index (χ1) is 7.07. The monoisotopic (exact) mass is 216 g/mol. The van der Waals surface area contributed by atoms with Crippen molar-refractivity contribution < 1.29 is 14.0 Å². The summed E-state index contributed by atoms with van der Waals surface area (Å²) in [5, 5.41) is 0. The van der Waals surface area contributed by atoms with Gasteiger partial charge in [-0.1, -0.05) is 0 Å². The number of carbonyl (C=O) groups excluding carboxylic acids is 2. The molecule has 0 aromatic heterocycles. The lowest BCUT2D eigenvalue weighted by Crippen LogP contribution is -2.56. The fraction of sp³-hybridized carbons (Fsp3) is 0.800. The van der Waals surface area contributed by atoms with Crippen LogP contribution in [0, 0.1) is 0 Å². The minimum absolute atomic E-state index is 0.0461. The van der Waals surface area contributed by atoms with Crippen LogP contribution in [0.5, 0.6) is 0 Å². The third-order valence-corrected chi connectivity index (χ3v) is 2.53. The van der Waals surface area contributed by atoms with Crippen LogP contribution in [-0.4, -0.2) is 54.0 Å². The molecule has 15 heavy (non-hydrogen) atoms. The molecule has 0 aromatic carbocycles. The van der Waals surface area contributed by atoms with E-state index in [2.05, 4.69) is 0 Å². The van der Waals surface area contributed by atoms with Gasteiger partial charge in [0.15, 0.2) is 0 Å². The van der Waals surface area contributed by atoms with Gasteiger partial charge in [0.25, 0.3) is 0 Å². The van der Waals surface area contributed by atoms with E-state index in [1.54, 1.807) is 4.90 Å². The maximum absolute atomic E-state index is 11.9. The van der Waals surface area contributed by atoms with Crippen LogP contribution in [0.2, 0.25) is 0 Å². The third-order valence-electron chi connectivity index (χ3n) is 2.53. The Hall–Kier alpha value is -1.13. The third kappa shape index (κ3) is 2.67. The van der Waals surface area contributed by atoms with E-state index in [1.807, 2.05) is 13.8 Å². The summed E-state index contributed by atoms with van der Waals surface area (Å²) in [6.45, 7) is 4.71. The second-order valence-electron chi connectivity index (χ2n) is 3.93. The number of halogens is 1. The smallest absolute Gasteiger partial charge is 0.312 e. The lowest BCUT2D eigenvalue weighted by molar-refractivity contribution is -0.157. The first kappa shape index (κ1) is 11.9. The summed E-state index contributed by atoms with van der Waals surface area (Å²) in [6, 6.07) is 0.0461. The molecular formula is C10H17FN2O2. The van der Waals surface area contributed by atoms with Crippen molar-refractivity contribution in [1.29, 1.82) is 0 Å². The molecule has 0 N–H and O–H groups in total. The maximum Gasteiger partial charge on any atom is 0.312 e. The molecule has 0 aromatic rings. The SMILES string of the molecule is CC(C)N1CCN(CCCF)C(=O)C1=O. The standard InChI is InChI=1S/C10H17FN2O2/c1-8(2)13-7-6-12(5-3-4-11)9(14)10(13)15/h8H,3-7H2,1-2H3. The van der Waals surface area contributed by atoms with Gasteiger partial charge in [0.05, 0.1) is 6.67 Å². The first-order valence-electron chi connectivity index (χ1n) is 5.23. The molecule has 5 heteroatoms. The van der Waals surface area contributed by atoms with Crippen LogP contribution in [0.15, 0.2) is 0 Å². The fourth-order valence-electron chi connectivity index (χ4n) is 1.65. The molecular weight excluding hydrogens is 199 g/mol. The molecule has 1 saturated heterocycles. The van der Waals surface area contributed by atoms with Gasteiger partial charge in [-0.2, -0.15) is 0 Å². The second-order valence-corrected chi connectivity index (χ2v) is 3.93. The fourth-order valence-corrected chi connectivity index (χ4v) is 1.65. The molecule has 0 spiro atoms. The van der Waals surface area contributed by atoms with Gasteiger partial charge >= 0.3 is 11.8 Å². The summed E-state index contributed by atoms with van der Waals surface area (Å²) in [6.07, 6.45) is 0.306. The van der Waals surface area contributed by atoms with Crippen molar-refractivity contribution in [1.82, 2.24) is 9.80 Å². The number of rotatable bonds is 4. The van der Waals surface area contributed by atoms with Crippen LogP contribution in [-0.2, 0) is 9.59 Å². The van der Waals surface area contributed by atoms with Gasteiger partial charge in [0, 0.05) is 25.7 Å². The van der Waals surface area contributed by atoms with E-state index >= 15 is 0 Å². The van der Waals surface area contributed by atoms with E-state index in [4.69, 9.17) is 0 Å². The number of nitrogens with zero attached hydrogens (tertiary/aromatic N) is 2. The zero-order valence-electron chi connectivity index (χ0n) is 9.20. The molecule has 1 aliphatic heterocycles. The summed E-state index contributed by atoms with van der Waals surface area (Å²) in [7, 11) is 0. The normalized spacial score (nSPS) is 17.9. The van der Waals surface area contributed by atoms with Gasteiger partial charge in [-0.15, -0.1) is 0 Å². The largest absolute Gasteiger partial charge is 0.333 e. The lowest BCUT2D eigenvalue weighted by atomic mass is 10.2. The molecule has 0 atom stereocenters. The quantitative estimate of drug-likeness (QED) is 0.639. The number of hydrogen-bond donors (Lipinski definition) is 0. The van der Waals surface area contributed by atoms with Crippen LogP contribution in [0.3, 0.4) is 0 Å². The van der Waals surface area contributed by atoms with E-state index in [0.29, 0.717) is 26.1 Å². The molecule has 2 amide bonds. The topological polar surface area (TPSA) is 40.6 Å². The Kier molecular flexibility index (Phi) is 4.05. The highest BCUT2D eigenvalue weighted by atomic mass is 19.1. The highest BCUT2D eigenvalue weighted by molar-refractivity contribution is 6.35. The molecule has 0 aliphatic carbocycles. The maximum atomic E-state index is 11.9. The molecule has 1 rings (SSSR count). The predicted octanol–water partition coefficient (Wildman–Crippen LogP) is 0.425. The lowest BCUT2D eigenvalue weighted by Gasteiger charge is -2.35. The first-order valence-corrected chi connectivity index (χ1v) is 5.23. The van der Waals surface area contributed by atoms with Crippen molar-refractivity contribution in [3.05, 3.63) is 0 Å². The van der Waals surface area contributed by atoms with Crippen LogP contribution in [0.25, 0.3) is 0 Å². The number of amides is 2. The molecule has 0 radical (unpaired) electrons. The molecule has 0 bridgehead atoms. The number of piperazine rings is 1. The molecule has 1 aliphatic rings. The second kappa shape index (κ2) is 5.09. The van der Waals surface area contributed by atoms with Gasteiger partial charge in [-0.3, -0.25) is 14.0 Å². The van der Waals surface area contributed by atoms with Crippen LogP contribution < -0.4 is 0 Å². The zero-order chi connectivity index (χ0) is 11.4. The summed E-state index contributed by atoms with van der Waals surface area (Å²) in [5.41, 5.74) is 0. The highest BCUT2D eigenvalue weighted by Gasteiger charge is 2.33. The van der Waals surface area contributed by atoms with Crippen LogP contribution >= 0.6 is 0 Å². The summed E-state index contributed by atoms with van der Waals surface area (Å²) >= 11 is 0. The van der Waals surface area contributed by atoms with Gasteiger partial charge < -0.3 is 9.80 Å². The van der Waals surface area contributed by atoms with Gasteiger partial charge in [0.2, 0.25) is 0 Å². The van der Waals surface area contributed by atoms with Gasteiger partial charge in [-0.25, -0.2) is 0 Å². The molecule has 1 heterocycles. The minimum atomic E-state index is -0.497. The van der Waals surface area contributed by atoms with E-state index in [-0.39, 0.29) is 6.04 Å². The van der Waals surface area contributed by atoms with Crippen molar-refractivity contribution in [3.63, 3.8) is 0 Å². The summed E-state index contributed by atoms with van der Waals surface area (Å²) < 4.78 is 11.9. The Morgan fingerprint density at radius 1 is 1.27 bits per heavy atom. The van der Waals surface area contributed by atoms with Crippen molar-refractivity contribution in [3.8, 4) is 0 Å². The van der Waals surface area contributed by atoms with Gasteiger partial charge in [-0.05, 0) is 20.3 Å². The van der Waals surface area contributed by atoms with Crippen molar-refractivity contribution in [2.75, 3.05) is 26.3 Å². The van der Waals surface area contributed by atoms with E-state index < -0.39 is 18.5 Å². The summed E-state index contributed by atoms with van der Waals surface area (Å²) in [4.78, 5) is 26.1. The zero-order valence-corrected chi connectivity index (χ0v) is 9.20. The number of alkyl halides is 1. The summed E-state index contributed by atoms with van der Waals surface area (Å²) in [5.74, 6) is -0.960. The Balaban J connectivity index is 2.57. The highest BCUT2D eigenvalue weighted by Crippen LogP contribution is 2.09. The number of carbonyl (C=O) groups is 2. The van der Waals surface area contributed by atoms with E-state index in [9.17, 15) is 14.0 Å². The van der Waals surface area contributed by atoms with Gasteiger partial charge in [0.1, 0.15) is 0 Å². The van der Waals surface area contributed by atoms with Crippen molar-refractivity contribution in [2.24, 2.45) is 0 Å². The van der Waals surface area contributed by atoms with Crippen LogP contribution in [0.1, 0.15) is 20.3 Å². The molecule has 0 saturated carbocycles. The number of hydrogen-bond acceptors (Lipinski definition) is 2. The van der Waals surface area contributed by atoms with Crippen molar-refractivity contribution >= 4 is 11.8 Å². The van der Waals surface area contributed by atoms with Crippen LogP contribution in [0.4, 0.5) is 4.39 Å². The Labute approximate surface area is 89.0 Å². The predicted molar refractivity (Wildman–Crippen MR) is 54.0 cm³/mol. The van der Waals surface area contributed by atoms with E-state index in [1.165, 1.54) is 4.90 Å². The Morgan fingerprint density at radius 2 is 1.93 bits per heavy atom.